The van der Waals surface area contributed by atoms with E-state index in [4.69, 9.17) is 0 Å². The summed E-state index contributed by atoms with van der Waals surface area (Å²) in [5, 5.41) is 3.41. The Balaban J connectivity index is 1.51. The van der Waals surface area contributed by atoms with E-state index in [1.807, 2.05) is 0 Å². The number of likely N-dealkylation sites (tertiary alicyclic amines) is 1. The van der Waals surface area contributed by atoms with Gasteiger partial charge in [-0.2, -0.15) is 0 Å². The van der Waals surface area contributed by atoms with Gasteiger partial charge >= 0.3 is 0 Å². The van der Waals surface area contributed by atoms with Crippen molar-refractivity contribution in [2.75, 3.05) is 13.6 Å². The molecule has 29 heavy (non-hydrogen) atoms. The van der Waals surface area contributed by atoms with Gasteiger partial charge in [-0.05, 0) is 76.1 Å². The summed E-state index contributed by atoms with van der Waals surface area (Å²) < 4.78 is 0. The molecule has 1 unspecified atom stereocenters. The van der Waals surface area contributed by atoms with Crippen LogP contribution in [0.5, 0.6) is 0 Å². The Labute approximate surface area is 176 Å². The van der Waals surface area contributed by atoms with Crippen molar-refractivity contribution in [2.45, 2.75) is 69.9 Å². The molecular formula is C26H36N2O. The third-order valence-electron chi connectivity index (χ3n) is 6.14. The van der Waals surface area contributed by atoms with Crippen LogP contribution in [0.25, 0.3) is 0 Å². The molecule has 1 amide bonds. The minimum atomic E-state index is 0.0505. The minimum absolute atomic E-state index is 0.0505. The molecule has 0 saturated carbocycles. The van der Waals surface area contributed by atoms with E-state index < -0.39 is 0 Å². The number of piperidine rings is 1. The van der Waals surface area contributed by atoms with Crippen LogP contribution in [0.2, 0.25) is 0 Å². The monoisotopic (exact) mass is 392 g/mol. The second kappa shape index (κ2) is 11.8. The highest BCUT2D eigenvalue weighted by molar-refractivity contribution is 5.82. The molecule has 3 heteroatoms. The maximum Gasteiger partial charge on any atom is 0.237 e. The zero-order valence-corrected chi connectivity index (χ0v) is 17.9. The van der Waals surface area contributed by atoms with Crippen LogP contribution in [0.1, 0.15) is 56.1 Å². The molecule has 2 aromatic carbocycles. The summed E-state index contributed by atoms with van der Waals surface area (Å²) in [4.78, 5) is 15.2. The molecule has 156 valence electrons. The molecule has 3 nitrogen and oxygen atoms in total. The van der Waals surface area contributed by atoms with E-state index in [0.717, 1.165) is 57.9 Å². The van der Waals surface area contributed by atoms with E-state index in [-0.39, 0.29) is 18.0 Å². The second-order valence-electron chi connectivity index (χ2n) is 8.45. The van der Waals surface area contributed by atoms with Crippen LogP contribution in [-0.2, 0) is 17.6 Å². The Bertz CT molecular complexity index is 671. The van der Waals surface area contributed by atoms with Crippen molar-refractivity contribution in [3.63, 3.8) is 0 Å². The van der Waals surface area contributed by atoms with Crippen molar-refractivity contribution >= 4 is 5.91 Å². The third-order valence-corrected chi connectivity index (χ3v) is 6.14. The predicted molar refractivity (Wildman–Crippen MR) is 121 cm³/mol. The summed E-state index contributed by atoms with van der Waals surface area (Å²) >= 11 is 0. The molecule has 2 aromatic rings. The lowest BCUT2D eigenvalue weighted by Gasteiger charge is -2.32. The Morgan fingerprint density at radius 2 is 1.48 bits per heavy atom. The van der Waals surface area contributed by atoms with Crippen LogP contribution in [-0.4, -0.2) is 36.5 Å². The molecule has 0 spiro atoms. The van der Waals surface area contributed by atoms with Gasteiger partial charge in [0, 0.05) is 6.04 Å². The minimum Gasteiger partial charge on any atom is -0.352 e. The molecule has 1 aliphatic heterocycles. The van der Waals surface area contributed by atoms with Crippen molar-refractivity contribution < 1.29 is 4.79 Å². The molecule has 3 rings (SSSR count). The number of hydrogen-bond acceptors (Lipinski definition) is 2. The molecule has 1 fully saturated rings. The van der Waals surface area contributed by atoms with Gasteiger partial charge in [0.25, 0.3) is 0 Å². The van der Waals surface area contributed by atoms with E-state index in [2.05, 4.69) is 77.9 Å². The van der Waals surface area contributed by atoms with Gasteiger partial charge in [-0.15, -0.1) is 0 Å². The molecule has 0 aliphatic carbocycles. The second-order valence-corrected chi connectivity index (χ2v) is 8.45. The van der Waals surface area contributed by atoms with E-state index in [9.17, 15) is 4.79 Å². The van der Waals surface area contributed by atoms with Crippen LogP contribution in [0.3, 0.4) is 0 Å². The fourth-order valence-corrected chi connectivity index (χ4v) is 4.39. The van der Waals surface area contributed by atoms with Gasteiger partial charge in [0.2, 0.25) is 5.91 Å². The smallest absolute Gasteiger partial charge is 0.237 e. The van der Waals surface area contributed by atoms with Crippen LogP contribution in [0.15, 0.2) is 60.7 Å². The topological polar surface area (TPSA) is 32.3 Å². The lowest BCUT2D eigenvalue weighted by atomic mass is 9.97. The standard InChI is InChI=1S/C26H36N2O/c1-28-21-9-8-20-25(28)26(29)27-24(18-10-16-22-12-4-2-5-13-22)19-11-17-23-14-6-3-7-15-23/h2-7,12-15,24-25H,8-11,16-21H2,1H3,(H,27,29). The van der Waals surface area contributed by atoms with Gasteiger partial charge in [0.05, 0.1) is 6.04 Å². The van der Waals surface area contributed by atoms with Crippen LogP contribution in [0, 0.1) is 0 Å². The number of hydrogen-bond donors (Lipinski definition) is 1. The Morgan fingerprint density at radius 1 is 0.931 bits per heavy atom. The van der Waals surface area contributed by atoms with Crippen molar-refractivity contribution in [1.29, 1.82) is 0 Å². The normalized spacial score (nSPS) is 17.4. The Morgan fingerprint density at radius 3 is 2.00 bits per heavy atom. The lowest BCUT2D eigenvalue weighted by Crippen LogP contribution is -2.50. The molecule has 0 bridgehead atoms. The maximum atomic E-state index is 12.9. The van der Waals surface area contributed by atoms with Crippen LogP contribution < -0.4 is 5.32 Å². The first-order chi connectivity index (χ1) is 14.2. The number of carbonyl (C=O) groups is 1. The number of amides is 1. The van der Waals surface area contributed by atoms with Gasteiger partial charge in [0.1, 0.15) is 0 Å². The van der Waals surface area contributed by atoms with Crippen molar-refractivity contribution in [3.05, 3.63) is 71.8 Å². The van der Waals surface area contributed by atoms with E-state index in [1.165, 1.54) is 17.5 Å². The molecule has 1 N–H and O–H groups in total. The van der Waals surface area contributed by atoms with Crippen molar-refractivity contribution in [3.8, 4) is 0 Å². The number of nitrogens with one attached hydrogen (secondary N) is 1. The Kier molecular flexibility index (Phi) is 8.76. The molecule has 1 atom stereocenters. The zero-order chi connectivity index (χ0) is 20.3. The summed E-state index contributed by atoms with van der Waals surface area (Å²) in [5.41, 5.74) is 2.77. The molecule has 1 saturated heterocycles. The Hall–Kier alpha value is -2.13. The van der Waals surface area contributed by atoms with Gasteiger partial charge in [0.15, 0.2) is 0 Å². The number of benzene rings is 2. The quantitative estimate of drug-likeness (QED) is 0.617. The summed E-state index contributed by atoms with van der Waals surface area (Å²) in [7, 11) is 2.09. The fraction of sp³-hybridized carbons (Fsp3) is 0.500. The van der Waals surface area contributed by atoms with Gasteiger partial charge in [-0.1, -0.05) is 67.1 Å². The van der Waals surface area contributed by atoms with E-state index in [0.29, 0.717) is 0 Å². The summed E-state index contributed by atoms with van der Waals surface area (Å²) in [6, 6.07) is 21.6. The van der Waals surface area contributed by atoms with Crippen LogP contribution in [0.4, 0.5) is 0 Å². The highest BCUT2D eigenvalue weighted by atomic mass is 16.2. The lowest BCUT2D eigenvalue weighted by molar-refractivity contribution is -0.127. The maximum absolute atomic E-state index is 12.9. The largest absolute Gasteiger partial charge is 0.352 e. The molecule has 0 aromatic heterocycles. The molecule has 0 radical (unpaired) electrons. The van der Waals surface area contributed by atoms with Gasteiger partial charge in [-0.3, -0.25) is 9.69 Å². The highest BCUT2D eigenvalue weighted by Gasteiger charge is 2.27. The molecule has 1 aliphatic rings. The third kappa shape index (κ3) is 7.32. The van der Waals surface area contributed by atoms with Gasteiger partial charge < -0.3 is 5.32 Å². The number of likely N-dealkylation sites (N-methyl/N-ethyl adjacent to an activating group) is 1. The first-order valence-corrected chi connectivity index (χ1v) is 11.3. The van der Waals surface area contributed by atoms with Crippen molar-refractivity contribution in [2.24, 2.45) is 0 Å². The van der Waals surface area contributed by atoms with E-state index >= 15 is 0 Å². The van der Waals surface area contributed by atoms with Crippen molar-refractivity contribution in [1.82, 2.24) is 10.2 Å². The molecule has 1 heterocycles. The number of carbonyl (C=O) groups excluding carboxylic acids is 1. The average Bonchev–Trinajstić information content (AvgIpc) is 2.75. The first-order valence-electron chi connectivity index (χ1n) is 11.3. The SMILES string of the molecule is CN1CCCCC1C(=O)NC(CCCc1ccccc1)CCCc1ccccc1. The summed E-state index contributed by atoms with van der Waals surface area (Å²) in [5.74, 6) is 0.233. The zero-order valence-electron chi connectivity index (χ0n) is 17.9. The number of rotatable bonds is 10. The summed E-state index contributed by atoms with van der Waals surface area (Å²) in [6.45, 7) is 1.03. The fourth-order valence-electron chi connectivity index (χ4n) is 4.39. The van der Waals surface area contributed by atoms with Gasteiger partial charge in [-0.25, -0.2) is 0 Å². The van der Waals surface area contributed by atoms with Crippen LogP contribution >= 0.6 is 0 Å². The summed E-state index contributed by atoms with van der Waals surface area (Å²) in [6.07, 6.45) is 9.83. The average molecular weight is 393 g/mol. The highest BCUT2D eigenvalue weighted by Crippen LogP contribution is 2.17. The predicted octanol–water partition coefficient (Wildman–Crippen LogP) is 5.00. The first kappa shape index (κ1) is 21.6. The van der Waals surface area contributed by atoms with E-state index in [1.54, 1.807) is 0 Å². The molecular weight excluding hydrogens is 356 g/mol. The number of aryl methyl sites for hydroxylation is 2. The number of nitrogens with zero attached hydrogens (tertiary/aromatic N) is 1.